The fourth-order valence-electron chi connectivity index (χ4n) is 6.03. The van der Waals surface area contributed by atoms with Gasteiger partial charge in [-0.05, 0) is 73.2 Å². The number of likely N-dealkylation sites (tertiary alicyclic amines) is 1. The van der Waals surface area contributed by atoms with Crippen LogP contribution in [0.2, 0.25) is 0 Å². The fraction of sp³-hybridized carbons (Fsp3) is 0.294. The van der Waals surface area contributed by atoms with Gasteiger partial charge in [-0.1, -0.05) is 48.5 Å². The van der Waals surface area contributed by atoms with E-state index in [9.17, 15) is 28.6 Å². The predicted octanol–water partition coefficient (Wildman–Crippen LogP) is 6.08. The molecule has 2 heterocycles. The number of carboxylic acids is 2. The third-order valence-electron chi connectivity index (χ3n) is 8.44. The van der Waals surface area contributed by atoms with Crippen LogP contribution in [-0.2, 0) is 20.9 Å². The van der Waals surface area contributed by atoms with Gasteiger partial charge in [-0.2, -0.15) is 0 Å². The molecule has 5 rings (SSSR count). The number of hydrogen-bond donors (Lipinski definition) is 2. The van der Waals surface area contributed by atoms with Crippen molar-refractivity contribution in [1.82, 2.24) is 4.90 Å². The lowest BCUT2D eigenvalue weighted by Crippen LogP contribution is -2.63. The number of piperidine rings is 1. The molecule has 0 amide bonds. The summed E-state index contributed by atoms with van der Waals surface area (Å²) < 4.78 is 40.1. The van der Waals surface area contributed by atoms with Gasteiger partial charge in [0.05, 0.1) is 12.2 Å². The molecule has 3 aromatic carbocycles. The summed E-state index contributed by atoms with van der Waals surface area (Å²) in [6.45, 7) is 3.61. The van der Waals surface area contributed by atoms with Gasteiger partial charge in [-0.25, -0.2) is 18.4 Å². The second-order valence-corrected chi connectivity index (χ2v) is 11.0. The number of nitrogens with zero attached hydrogens (tertiary/aromatic N) is 1. The Morgan fingerprint density at radius 1 is 0.907 bits per heavy atom. The number of benzene rings is 3. The lowest BCUT2D eigenvalue weighted by atomic mass is 9.72. The van der Waals surface area contributed by atoms with Crippen molar-refractivity contribution in [3.63, 3.8) is 0 Å². The van der Waals surface area contributed by atoms with Crippen LogP contribution in [0.3, 0.4) is 0 Å². The lowest BCUT2D eigenvalue weighted by Gasteiger charge is -2.50. The van der Waals surface area contributed by atoms with E-state index < -0.39 is 23.1 Å². The Morgan fingerprint density at radius 3 is 2.05 bits per heavy atom. The molecule has 0 radical (unpaired) electrons. The minimum atomic E-state index is -1.58. The first-order valence-corrected chi connectivity index (χ1v) is 14.1. The summed E-state index contributed by atoms with van der Waals surface area (Å²) in [7, 11) is 0. The van der Waals surface area contributed by atoms with Crippen LogP contribution in [-0.4, -0.2) is 57.9 Å². The van der Waals surface area contributed by atoms with Gasteiger partial charge in [0, 0.05) is 31.3 Å². The Balaban J connectivity index is 1.37. The number of fused-ring (bicyclic) bond motifs is 1. The highest BCUT2D eigenvalue weighted by atomic mass is 19.1. The molecule has 0 saturated carbocycles. The largest absolute Gasteiger partial charge is 0.479 e. The van der Waals surface area contributed by atoms with Gasteiger partial charge in [0.15, 0.2) is 5.60 Å². The summed E-state index contributed by atoms with van der Waals surface area (Å²) in [5, 5.41) is 19.6. The molecule has 1 saturated heterocycles. The Kier molecular flexibility index (Phi) is 8.75. The van der Waals surface area contributed by atoms with Crippen molar-refractivity contribution in [2.24, 2.45) is 0 Å². The molecule has 0 aliphatic carbocycles. The smallest absolute Gasteiger partial charge is 0.336 e. The molecule has 1 atom stereocenters. The third kappa shape index (κ3) is 6.38. The molecular weight excluding hydrogens is 556 g/mol. The first-order valence-electron chi connectivity index (χ1n) is 14.1. The monoisotopic (exact) mass is 589 g/mol. The van der Waals surface area contributed by atoms with E-state index in [0.717, 1.165) is 22.3 Å². The molecule has 3 aromatic rings. The Morgan fingerprint density at radius 2 is 1.49 bits per heavy atom. The van der Waals surface area contributed by atoms with Gasteiger partial charge >= 0.3 is 11.9 Å². The van der Waals surface area contributed by atoms with Gasteiger partial charge in [0.25, 0.3) is 0 Å². The Hall–Kier alpha value is -4.34. The molecule has 1 spiro atoms. The fourth-order valence-corrected chi connectivity index (χ4v) is 6.03. The standard InChI is InChI=1S/C34H33F2NO6/c1-33(29(32(40)41)21-31(38)39)34(42-22-25-5-2-3-7-30(25)43-33)16-19-37(20-17-34)18-4-6-28(23-8-12-26(35)13-9-23)24-10-14-27(36)15-11-24/h2-3,5-15,21H,4,16-20,22H2,1H3,(H,38,39)(H,40,41)/b29-21+. The van der Waals surface area contributed by atoms with Crippen molar-refractivity contribution < 1.29 is 38.1 Å². The van der Waals surface area contributed by atoms with Gasteiger partial charge in [-0.3, -0.25) is 0 Å². The van der Waals surface area contributed by atoms with Crippen molar-refractivity contribution in [2.75, 3.05) is 19.6 Å². The average molecular weight is 590 g/mol. The van der Waals surface area contributed by atoms with Crippen molar-refractivity contribution in [1.29, 1.82) is 0 Å². The van der Waals surface area contributed by atoms with E-state index in [1.807, 2.05) is 12.1 Å². The topological polar surface area (TPSA) is 96.3 Å². The number of para-hydroxylation sites is 1. The van der Waals surface area contributed by atoms with E-state index in [0.29, 0.717) is 50.7 Å². The van der Waals surface area contributed by atoms with Gasteiger partial charge in [0.2, 0.25) is 0 Å². The maximum absolute atomic E-state index is 13.6. The van der Waals surface area contributed by atoms with E-state index in [-0.39, 0.29) is 23.8 Å². The summed E-state index contributed by atoms with van der Waals surface area (Å²) in [6, 6.07) is 19.6. The maximum atomic E-state index is 13.6. The number of carboxylic acid groups (broad SMARTS) is 2. The summed E-state index contributed by atoms with van der Waals surface area (Å²) >= 11 is 0. The normalized spacial score (nSPS) is 20.0. The van der Waals surface area contributed by atoms with Gasteiger partial charge in [0.1, 0.15) is 23.0 Å². The highest BCUT2D eigenvalue weighted by Gasteiger charge is 2.58. The van der Waals surface area contributed by atoms with Crippen LogP contribution in [0.4, 0.5) is 8.78 Å². The zero-order valence-corrected chi connectivity index (χ0v) is 23.8. The lowest BCUT2D eigenvalue weighted by molar-refractivity contribution is -0.175. The first-order chi connectivity index (χ1) is 20.6. The number of rotatable bonds is 8. The molecule has 9 heteroatoms. The molecule has 0 aromatic heterocycles. The SMILES string of the molecule is CC1(/C(=C/C(=O)O)C(=O)O)Oc2ccccc2COC12CCN(CCC=C(c1ccc(F)cc1)c1ccc(F)cc1)CC2. The molecule has 1 unspecified atom stereocenters. The molecule has 2 aliphatic rings. The molecule has 2 N–H and O–H groups in total. The zero-order valence-electron chi connectivity index (χ0n) is 23.8. The van der Waals surface area contributed by atoms with Crippen LogP contribution in [0.5, 0.6) is 5.75 Å². The Labute approximate surface area is 248 Å². The van der Waals surface area contributed by atoms with Gasteiger partial charge < -0.3 is 24.6 Å². The zero-order chi connectivity index (χ0) is 30.6. The number of ether oxygens (including phenoxy) is 2. The van der Waals surface area contributed by atoms with Crippen molar-refractivity contribution in [3.05, 3.63) is 119 Å². The maximum Gasteiger partial charge on any atom is 0.336 e. The summed E-state index contributed by atoms with van der Waals surface area (Å²) in [6.07, 6.45) is 4.22. The van der Waals surface area contributed by atoms with E-state index >= 15 is 0 Å². The average Bonchev–Trinajstić information content (AvgIpc) is 3.10. The Bertz CT molecular complexity index is 1490. The van der Waals surface area contributed by atoms with E-state index in [2.05, 4.69) is 11.0 Å². The number of hydrogen-bond acceptors (Lipinski definition) is 5. The van der Waals surface area contributed by atoms with Gasteiger partial charge in [-0.15, -0.1) is 0 Å². The summed E-state index contributed by atoms with van der Waals surface area (Å²) in [5.74, 6) is -2.98. The molecule has 43 heavy (non-hydrogen) atoms. The minimum Gasteiger partial charge on any atom is -0.479 e. The van der Waals surface area contributed by atoms with Crippen molar-refractivity contribution in [3.8, 4) is 5.75 Å². The summed E-state index contributed by atoms with van der Waals surface area (Å²) in [4.78, 5) is 26.3. The van der Waals surface area contributed by atoms with Crippen molar-refractivity contribution >= 4 is 17.5 Å². The summed E-state index contributed by atoms with van der Waals surface area (Å²) in [5.41, 5.74) is 0.208. The van der Waals surface area contributed by atoms with Crippen LogP contribution in [0.1, 0.15) is 42.9 Å². The molecule has 0 bridgehead atoms. The minimum absolute atomic E-state index is 0.202. The number of aliphatic carboxylic acids is 2. The second-order valence-electron chi connectivity index (χ2n) is 11.0. The number of halogens is 2. The quantitative estimate of drug-likeness (QED) is 0.307. The molecule has 224 valence electrons. The molecular formula is C34H33F2NO6. The molecule has 7 nitrogen and oxygen atoms in total. The van der Waals surface area contributed by atoms with Crippen molar-refractivity contribution in [2.45, 2.75) is 44.0 Å². The third-order valence-corrected chi connectivity index (χ3v) is 8.44. The second kappa shape index (κ2) is 12.5. The van der Waals surface area contributed by atoms with E-state index in [4.69, 9.17) is 9.47 Å². The molecule has 2 aliphatic heterocycles. The van der Waals surface area contributed by atoms with Crippen LogP contribution in [0, 0.1) is 11.6 Å². The van der Waals surface area contributed by atoms with Crippen LogP contribution in [0.25, 0.3) is 5.57 Å². The predicted molar refractivity (Wildman–Crippen MR) is 157 cm³/mol. The first kappa shape index (κ1) is 30.1. The van der Waals surface area contributed by atoms with Crippen LogP contribution < -0.4 is 4.74 Å². The van der Waals surface area contributed by atoms with E-state index in [1.165, 1.54) is 24.3 Å². The highest BCUT2D eigenvalue weighted by molar-refractivity contribution is 5.96. The van der Waals surface area contributed by atoms with Crippen LogP contribution in [0.15, 0.2) is 90.5 Å². The highest BCUT2D eigenvalue weighted by Crippen LogP contribution is 2.47. The number of carbonyl (C=O) groups is 2. The van der Waals surface area contributed by atoms with E-state index in [1.54, 1.807) is 43.3 Å². The molecule has 1 fully saturated rings. The van der Waals surface area contributed by atoms with Crippen LogP contribution >= 0.6 is 0 Å².